The quantitative estimate of drug-likeness (QED) is 0.205. The van der Waals surface area contributed by atoms with E-state index < -0.39 is 53.6 Å². The Bertz CT molecular complexity index is 895. The van der Waals surface area contributed by atoms with E-state index in [1.807, 2.05) is 0 Å². The molecular weight excluding hydrogens is 481 g/mol. The maximum Gasteiger partial charge on any atom is 0.305 e. The Kier molecular flexibility index (Phi) is 4.53. The van der Waals surface area contributed by atoms with Gasteiger partial charge < -0.3 is 14.2 Å². The molecule has 2 fully saturated rings. The van der Waals surface area contributed by atoms with E-state index in [0.717, 1.165) is 22.3 Å². The zero-order valence-electron chi connectivity index (χ0n) is 15.0. The molecule has 3 heterocycles. The molecule has 1 aromatic carbocycles. The molecule has 0 unspecified atom stereocenters. The van der Waals surface area contributed by atoms with Crippen LogP contribution in [0, 0.1) is 15.4 Å². The first-order valence-electron chi connectivity index (χ1n) is 8.59. The molecule has 3 aliphatic rings. The minimum Gasteiger partial charge on any atom is -0.422 e. The number of imide groups is 1. The van der Waals surface area contributed by atoms with Gasteiger partial charge in [-0.2, -0.15) is 0 Å². The third-order valence-electron chi connectivity index (χ3n) is 5.08. The van der Waals surface area contributed by atoms with Gasteiger partial charge in [0.1, 0.15) is 0 Å². The van der Waals surface area contributed by atoms with Crippen LogP contribution >= 0.6 is 22.6 Å². The molecule has 2 amide bonds. The first-order chi connectivity index (χ1) is 13.2. The Hall–Kier alpha value is -2.27. The van der Waals surface area contributed by atoms with Crippen LogP contribution in [0.2, 0.25) is 0 Å². The molecule has 0 aromatic heterocycles. The van der Waals surface area contributed by atoms with Gasteiger partial charge in [-0.1, -0.05) is 6.08 Å². The number of fused-ring (bicyclic) bond motifs is 5. The van der Waals surface area contributed by atoms with Crippen molar-refractivity contribution in [3.8, 4) is 0 Å². The van der Waals surface area contributed by atoms with Gasteiger partial charge >= 0.3 is 11.9 Å². The zero-order valence-corrected chi connectivity index (χ0v) is 17.1. The SMILES string of the molecule is CC(=O)OC(OC(C)=O)[C@@]12C=C[C@H](O1)[C@@H]1C(=O)N(c3ccc(I)cc3)C(=O)[C@@H]12. The number of benzene rings is 1. The summed E-state index contributed by atoms with van der Waals surface area (Å²) in [5.41, 5.74) is -1.08. The van der Waals surface area contributed by atoms with Gasteiger partial charge in [0.25, 0.3) is 6.29 Å². The summed E-state index contributed by atoms with van der Waals surface area (Å²) in [5.74, 6) is -4.00. The van der Waals surface area contributed by atoms with E-state index in [1.165, 1.54) is 0 Å². The second-order valence-electron chi connectivity index (χ2n) is 6.84. The lowest BCUT2D eigenvalue weighted by molar-refractivity contribution is -0.226. The van der Waals surface area contributed by atoms with Crippen LogP contribution in [0.3, 0.4) is 0 Å². The van der Waals surface area contributed by atoms with E-state index >= 15 is 0 Å². The number of nitrogens with zero attached hydrogens (tertiary/aromatic N) is 1. The average Bonchev–Trinajstić information content (AvgIpc) is 3.26. The van der Waals surface area contributed by atoms with Crippen LogP contribution < -0.4 is 4.90 Å². The molecule has 2 saturated heterocycles. The fourth-order valence-corrected chi connectivity index (χ4v) is 4.42. The molecule has 28 heavy (non-hydrogen) atoms. The van der Waals surface area contributed by atoms with Crippen LogP contribution in [0.25, 0.3) is 0 Å². The summed E-state index contributed by atoms with van der Waals surface area (Å²) in [7, 11) is 0. The predicted octanol–water partition coefficient (Wildman–Crippen LogP) is 1.56. The van der Waals surface area contributed by atoms with E-state index in [1.54, 1.807) is 36.4 Å². The summed E-state index contributed by atoms with van der Waals surface area (Å²) in [6, 6.07) is 6.97. The second-order valence-corrected chi connectivity index (χ2v) is 8.08. The highest BCUT2D eigenvalue weighted by atomic mass is 127. The van der Waals surface area contributed by atoms with E-state index in [-0.39, 0.29) is 0 Å². The van der Waals surface area contributed by atoms with Gasteiger partial charge in [-0.15, -0.1) is 0 Å². The highest BCUT2D eigenvalue weighted by Gasteiger charge is 2.72. The molecular formula is C19H16INO7. The molecule has 9 heteroatoms. The van der Waals surface area contributed by atoms with Crippen molar-refractivity contribution < 1.29 is 33.4 Å². The van der Waals surface area contributed by atoms with Crippen molar-refractivity contribution in [3.05, 3.63) is 40.0 Å². The lowest BCUT2D eigenvalue weighted by Crippen LogP contribution is -2.52. The molecule has 4 atom stereocenters. The molecule has 0 radical (unpaired) electrons. The predicted molar refractivity (Wildman–Crippen MR) is 103 cm³/mol. The number of carbonyl (C=O) groups excluding carboxylic acids is 4. The van der Waals surface area contributed by atoms with Crippen molar-refractivity contribution in [3.63, 3.8) is 0 Å². The lowest BCUT2D eigenvalue weighted by Gasteiger charge is -2.34. The maximum absolute atomic E-state index is 13.3. The van der Waals surface area contributed by atoms with Gasteiger partial charge in [0.05, 0.1) is 23.6 Å². The molecule has 4 rings (SSSR count). The first-order valence-corrected chi connectivity index (χ1v) is 9.67. The molecule has 0 aliphatic carbocycles. The summed E-state index contributed by atoms with van der Waals surface area (Å²) in [4.78, 5) is 50.6. The monoisotopic (exact) mass is 497 g/mol. The van der Waals surface area contributed by atoms with Crippen LogP contribution in [0.1, 0.15) is 13.8 Å². The number of rotatable bonds is 4. The van der Waals surface area contributed by atoms with Gasteiger partial charge in [-0.05, 0) is 52.9 Å². The van der Waals surface area contributed by atoms with Crippen molar-refractivity contribution in [2.45, 2.75) is 31.8 Å². The van der Waals surface area contributed by atoms with Gasteiger partial charge in [-0.3, -0.25) is 19.2 Å². The first kappa shape index (κ1) is 19.1. The number of anilines is 1. The number of halogens is 1. The molecule has 0 saturated carbocycles. The van der Waals surface area contributed by atoms with E-state index in [0.29, 0.717) is 5.69 Å². The van der Waals surface area contributed by atoms with Gasteiger partial charge in [-0.25, -0.2) is 4.90 Å². The molecule has 146 valence electrons. The van der Waals surface area contributed by atoms with Gasteiger partial charge in [0, 0.05) is 17.4 Å². The summed E-state index contributed by atoms with van der Waals surface area (Å²) < 4.78 is 17.2. The Morgan fingerprint density at radius 1 is 1.11 bits per heavy atom. The minimum atomic E-state index is -1.53. The fourth-order valence-electron chi connectivity index (χ4n) is 4.06. The maximum atomic E-state index is 13.3. The number of carbonyl (C=O) groups is 4. The third kappa shape index (κ3) is 2.75. The normalized spacial score (nSPS) is 30.1. The number of ether oxygens (including phenoxy) is 3. The standard InChI is InChI=1S/C19H16INO7/c1-9(22)26-18(27-10(2)23)19-8-7-13(28-19)14-15(19)17(25)21(16(14)24)12-5-3-11(20)4-6-12/h3-8,13-15,18H,1-2H3/t13-,14-,15+,19-/m0/s1. The molecule has 0 N–H and O–H groups in total. The van der Waals surface area contributed by atoms with Crippen molar-refractivity contribution in [2.75, 3.05) is 4.90 Å². The second kappa shape index (κ2) is 6.66. The third-order valence-corrected chi connectivity index (χ3v) is 5.80. The smallest absolute Gasteiger partial charge is 0.305 e. The Balaban J connectivity index is 1.74. The van der Waals surface area contributed by atoms with Gasteiger partial charge in [0.2, 0.25) is 11.8 Å². The van der Waals surface area contributed by atoms with E-state index in [4.69, 9.17) is 14.2 Å². The Morgan fingerprint density at radius 3 is 2.29 bits per heavy atom. The number of amides is 2. The van der Waals surface area contributed by atoms with Crippen LogP contribution in [-0.4, -0.2) is 41.7 Å². The minimum absolute atomic E-state index is 0.392. The fraction of sp³-hybridized carbons (Fsp3) is 0.368. The van der Waals surface area contributed by atoms with Crippen LogP contribution in [0.5, 0.6) is 0 Å². The highest BCUT2D eigenvalue weighted by molar-refractivity contribution is 14.1. The highest BCUT2D eigenvalue weighted by Crippen LogP contribution is 2.54. The Morgan fingerprint density at radius 2 is 1.71 bits per heavy atom. The topological polar surface area (TPSA) is 99.2 Å². The molecule has 3 aliphatic heterocycles. The lowest BCUT2D eigenvalue weighted by atomic mass is 9.76. The largest absolute Gasteiger partial charge is 0.422 e. The number of hydrogen-bond donors (Lipinski definition) is 0. The molecule has 1 aromatic rings. The summed E-state index contributed by atoms with van der Waals surface area (Å²) >= 11 is 2.13. The number of esters is 2. The van der Waals surface area contributed by atoms with Crippen LogP contribution in [-0.2, 0) is 33.4 Å². The summed E-state index contributed by atoms with van der Waals surface area (Å²) in [6.07, 6.45) is 1.07. The van der Waals surface area contributed by atoms with Crippen LogP contribution in [0.4, 0.5) is 5.69 Å². The summed E-state index contributed by atoms with van der Waals surface area (Å²) in [6.45, 7) is 2.32. The van der Waals surface area contributed by atoms with Crippen molar-refractivity contribution in [2.24, 2.45) is 11.8 Å². The zero-order chi connectivity index (χ0) is 20.2. The summed E-state index contributed by atoms with van der Waals surface area (Å²) in [5, 5.41) is 0. The van der Waals surface area contributed by atoms with Gasteiger partial charge in [0.15, 0.2) is 5.60 Å². The van der Waals surface area contributed by atoms with E-state index in [9.17, 15) is 19.2 Å². The van der Waals surface area contributed by atoms with E-state index in [2.05, 4.69) is 22.6 Å². The van der Waals surface area contributed by atoms with Crippen molar-refractivity contribution in [1.82, 2.24) is 0 Å². The van der Waals surface area contributed by atoms with Crippen molar-refractivity contribution >= 4 is 52.0 Å². The Labute approximate surface area is 173 Å². The average molecular weight is 497 g/mol. The van der Waals surface area contributed by atoms with Crippen LogP contribution in [0.15, 0.2) is 36.4 Å². The van der Waals surface area contributed by atoms with Crippen molar-refractivity contribution in [1.29, 1.82) is 0 Å². The molecule has 2 bridgehead atoms. The molecule has 0 spiro atoms. The molecule has 8 nitrogen and oxygen atoms in total. The number of hydrogen-bond acceptors (Lipinski definition) is 7.